The molecule has 1 aliphatic carbocycles. The van der Waals surface area contributed by atoms with E-state index in [1.54, 1.807) is 12.1 Å². The van der Waals surface area contributed by atoms with E-state index in [0.29, 0.717) is 19.1 Å². The molecule has 2 aromatic rings. The molecule has 2 N–H and O–H groups in total. The molecule has 25 heavy (non-hydrogen) atoms. The zero-order valence-electron chi connectivity index (χ0n) is 14.9. The van der Waals surface area contributed by atoms with Crippen molar-refractivity contribution in [3.8, 4) is 5.75 Å². The molecule has 1 saturated carbocycles. The molecule has 1 aliphatic rings. The maximum Gasteiger partial charge on any atom is 0.234 e. The van der Waals surface area contributed by atoms with Crippen LogP contribution in [0.5, 0.6) is 5.75 Å². The molecule has 0 aromatic heterocycles. The predicted molar refractivity (Wildman–Crippen MR) is 99.3 cm³/mol. The van der Waals surface area contributed by atoms with E-state index in [1.165, 1.54) is 5.56 Å². The lowest BCUT2D eigenvalue weighted by Crippen LogP contribution is -2.39. The number of phenolic OH excluding ortho intramolecular Hbond substituents is 1. The Morgan fingerprint density at radius 3 is 2.60 bits per heavy atom. The zero-order valence-corrected chi connectivity index (χ0v) is 14.9. The highest BCUT2D eigenvalue weighted by Gasteiger charge is 2.30. The summed E-state index contributed by atoms with van der Waals surface area (Å²) in [5, 5.41) is 12.7. The van der Waals surface area contributed by atoms with Gasteiger partial charge < -0.3 is 10.4 Å². The minimum absolute atomic E-state index is 0.00470. The Morgan fingerprint density at radius 2 is 1.96 bits per heavy atom. The van der Waals surface area contributed by atoms with Crippen molar-refractivity contribution < 1.29 is 9.90 Å². The Morgan fingerprint density at radius 1 is 1.24 bits per heavy atom. The van der Waals surface area contributed by atoms with E-state index in [4.69, 9.17) is 0 Å². The van der Waals surface area contributed by atoms with E-state index in [1.807, 2.05) is 19.1 Å². The van der Waals surface area contributed by atoms with E-state index in [0.717, 1.165) is 24.0 Å². The van der Waals surface area contributed by atoms with Gasteiger partial charge in [-0.3, -0.25) is 9.69 Å². The SMILES string of the molecule is Cc1ccc(C(C)NC(=O)CN(Cc2cccc(O)c2)C2CC2)cc1. The molecule has 4 heteroatoms. The quantitative estimate of drug-likeness (QED) is 0.812. The van der Waals surface area contributed by atoms with Gasteiger partial charge in [-0.15, -0.1) is 0 Å². The van der Waals surface area contributed by atoms with Crippen LogP contribution in [0.15, 0.2) is 48.5 Å². The topological polar surface area (TPSA) is 52.6 Å². The number of nitrogens with one attached hydrogen (secondary N) is 1. The van der Waals surface area contributed by atoms with E-state index >= 15 is 0 Å². The van der Waals surface area contributed by atoms with E-state index in [-0.39, 0.29) is 17.7 Å². The predicted octanol–water partition coefficient (Wildman–Crippen LogP) is 3.54. The Balaban J connectivity index is 1.58. The van der Waals surface area contributed by atoms with Crippen LogP contribution in [0.4, 0.5) is 0 Å². The number of hydrogen-bond acceptors (Lipinski definition) is 3. The molecule has 1 atom stereocenters. The minimum atomic E-state index is -0.00470. The number of aromatic hydroxyl groups is 1. The van der Waals surface area contributed by atoms with Gasteiger partial charge in [0.15, 0.2) is 0 Å². The second kappa shape index (κ2) is 7.70. The molecule has 0 aliphatic heterocycles. The highest BCUT2D eigenvalue weighted by atomic mass is 16.3. The van der Waals surface area contributed by atoms with Crippen molar-refractivity contribution in [2.45, 2.75) is 45.3 Å². The molecular weight excluding hydrogens is 312 g/mol. The largest absolute Gasteiger partial charge is 0.508 e. The van der Waals surface area contributed by atoms with Gasteiger partial charge in [0.1, 0.15) is 5.75 Å². The molecule has 0 spiro atoms. The molecule has 4 nitrogen and oxygen atoms in total. The van der Waals surface area contributed by atoms with Gasteiger partial charge in [-0.2, -0.15) is 0 Å². The van der Waals surface area contributed by atoms with Gasteiger partial charge in [0.05, 0.1) is 12.6 Å². The monoisotopic (exact) mass is 338 g/mol. The van der Waals surface area contributed by atoms with Crippen molar-refractivity contribution in [2.75, 3.05) is 6.54 Å². The summed E-state index contributed by atoms with van der Waals surface area (Å²) < 4.78 is 0. The fourth-order valence-corrected chi connectivity index (χ4v) is 3.05. The van der Waals surface area contributed by atoms with Gasteiger partial charge in [-0.25, -0.2) is 0 Å². The molecule has 2 aromatic carbocycles. The Labute approximate surface area is 149 Å². The first-order chi connectivity index (χ1) is 12.0. The molecule has 0 bridgehead atoms. The first kappa shape index (κ1) is 17.5. The average molecular weight is 338 g/mol. The number of amides is 1. The molecule has 1 fully saturated rings. The lowest BCUT2D eigenvalue weighted by atomic mass is 10.1. The van der Waals surface area contributed by atoms with Crippen molar-refractivity contribution in [3.63, 3.8) is 0 Å². The van der Waals surface area contributed by atoms with Crippen molar-refractivity contribution in [2.24, 2.45) is 0 Å². The molecule has 0 saturated heterocycles. The van der Waals surface area contributed by atoms with Gasteiger partial charge in [0, 0.05) is 12.6 Å². The van der Waals surface area contributed by atoms with Crippen LogP contribution in [0.3, 0.4) is 0 Å². The lowest BCUT2D eigenvalue weighted by Gasteiger charge is -2.23. The first-order valence-electron chi connectivity index (χ1n) is 8.89. The summed E-state index contributed by atoms with van der Waals surface area (Å²) in [5.41, 5.74) is 3.37. The summed E-state index contributed by atoms with van der Waals surface area (Å²) in [4.78, 5) is 14.7. The third kappa shape index (κ3) is 5.07. The van der Waals surface area contributed by atoms with Crippen molar-refractivity contribution in [1.82, 2.24) is 10.2 Å². The number of phenols is 1. The highest BCUT2D eigenvalue weighted by molar-refractivity contribution is 5.78. The van der Waals surface area contributed by atoms with Crippen LogP contribution in [0.25, 0.3) is 0 Å². The number of hydrogen-bond donors (Lipinski definition) is 2. The summed E-state index contributed by atoms with van der Waals surface area (Å²) in [6.07, 6.45) is 2.28. The number of carbonyl (C=O) groups excluding carboxylic acids is 1. The summed E-state index contributed by atoms with van der Waals surface area (Å²) >= 11 is 0. The Bertz CT molecular complexity index is 723. The molecule has 132 valence electrons. The third-order valence-corrected chi connectivity index (χ3v) is 4.66. The number of rotatable bonds is 7. The lowest BCUT2D eigenvalue weighted by molar-refractivity contribution is -0.123. The highest BCUT2D eigenvalue weighted by Crippen LogP contribution is 2.28. The molecular formula is C21H26N2O2. The van der Waals surface area contributed by atoms with Crippen LogP contribution >= 0.6 is 0 Å². The summed E-state index contributed by atoms with van der Waals surface area (Å²) in [6, 6.07) is 16.0. The smallest absolute Gasteiger partial charge is 0.234 e. The van der Waals surface area contributed by atoms with Crippen molar-refractivity contribution >= 4 is 5.91 Å². The normalized spacial score (nSPS) is 15.2. The van der Waals surface area contributed by atoms with Gasteiger partial charge >= 0.3 is 0 Å². The molecule has 0 heterocycles. The van der Waals surface area contributed by atoms with Crippen LogP contribution in [-0.4, -0.2) is 28.5 Å². The summed E-state index contributed by atoms with van der Waals surface area (Å²) in [6.45, 7) is 5.14. The number of nitrogens with zero attached hydrogens (tertiary/aromatic N) is 1. The zero-order chi connectivity index (χ0) is 17.8. The second-order valence-electron chi connectivity index (χ2n) is 7.01. The van der Waals surface area contributed by atoms with Crippen LogP contribution in [0.1, 0.15) is 42.5 Å². The standard InChI is InChI=1S/C21H26N2O2/c1-15-6-8-18(9-7-15)16(2)22-21(25)14-23(19-10-11-19)13-17-4-3-5-20(24)12-17/h3-9,12,16,19,24H,10-11,13-14H2,1-2H3,(H,22,25). The van der Waals surface area contributed by atoms with Crippen LogP contribution in [-0.2, 0) is 11.3 Å². The molecule has 1 unspecified atom stereocenters. The Kier molecular flexibility index (Phi) is 5.39. The number of carbonyl (C=O) groups is 1. The fraction of sp³-hybridized carbons (Fsp3) is 0.381. The summed E-state index contributed by atoms with van der Waals surface area (Å²) in [5.74, 6) is 0.311. The molecule has 1 amide bonds. The van der Waals surface area contributed by atoms with E-state index in [9.17, 15) is 9.90 Å². The molecule has 3 rings (SSSR count). The Hall–Kier alpha value is -2.33. The number of benzene rings is 2. The van der Waals surface area contributed by atoms with Gasteiger partial charge in [-0.05, 0) is 49.9 Å². The van der Waals surface area contributed by atoms with E-state index in [2.05, 4.69) is 41.4 Å². The van der Waals surface area contributed by atoms with Gasteiger partial charge in [-0.1, -0.05) is 42.0 Å². The fourth-order valence-electron chi connectivity index (χ4n) is 3.05. The minimum Gasteiger partial charge on any atom is -0.508 e. The van der Waals surface area contributed by atoms with Crippen molar-refractivity contribution in [3.05, 3.63) is 65.2 Å². The third-order valence-electron chi connectivity index (χ3n) is 4.66. The maximum absolute atomic E-state index is 12.5. The number of aryl methyl sites for hydroxylation is 1. The molecule has 0 radical (unpaired) electrons. The van der Waals surface area contributed by atoms with Crippen LogP contribution in [0.2, 0.25) is 0 Å². The van der Waals surface area contributed by atoms with E-state index < -0.39 is 0 Å². The van der Waals surface area contributed by atoms with Gasteiger partial charge in [0.25, 0.3) is 0 Å². The maximum atomic E-state index is 12.5. The average Bonchev–Trinajstić information content (AvgIpc) is 3.39. The summed E-state index contributed by atoms with van der Waals surface area (Å²) in [7, 11) is 0. The second-order valence-corrected chi connectivity index (χ2v) is 7.01. The van der Waals surface area contributed by atoms with Crippen LogP contribution < -0.4 is 5.32 Å². The van der Waals surface area contributed by atoms with Gasteiger partial charge in [0.2, 0.25) is 5.91 Å². The first-order valence-corrected chi connectivity index (χ1v) is 8.89. The van der Waals surface area contributed by atoms with Crippen molar-refractivity contribution in [1.29, 1.82) is 0 Å². The van der Waals surface area contributed by atoms with Crippen LogP contribution in [0, 0.1) is 6.92 Å².